The number of carbonyl (C=O) groups excluding carboxylic acids is 4. The lowest BCUT2D eigenvalue weighted by Crippen LogP contribution is -2.78. The summed E-state index contributed by atoms with van der Waals surface area (Å²) >= 11 is 16.5. The van der Waals surface area contributed by atoms with Crippen LogP contribution in [0.2, 0.25) is 0 Å². The Labute approximate surface area is 539 Å². The maximum absolute atomic E-state index is 16.0. The summed E-state index contributed by atoms with van der Waals surface area (Å²) < 4.78 is 4.01. The summed E-state index contributed by atoms with van der Waals surface area (Å²) in [5.41, 5.74) is 8.44. The van der Waals surface area contributed by atoms with Gasteiger partial charge in [-0.1, -0.05) is 182 Å². The van der Waals surface area contributed by atoms with Crippen molar-refractivity contribution in [1.82, 2.24) is 0 Å². The molecule has 0 aromatic heterocycles. The third kappa shape index (κ3) is 6.53. The number of halogens is 4. The lowest BCUT2D eigenvalue weighted by molar-refractivity contribution is -0.143. The van der Waals surface area contributed by atoms with E-state index in [1.54, 1.807) is 0 Å². The second-order valence-corrected chi connectivity index (χ2v) is 34.2. The first-order valence-electron chi connectivity index (χ1n) is 30.4. The van der Waals surface area contributed by atoms with Gasteiger partial charge in [0.2, 0.25) is 23.6 Å². The maximum Gasteiger partial charge on any atom is 0.240 e. The molecule has 0 N–H and O–H groups in total. The van der Waals surface area contributed by atoms with Gasteiger partial charge in [-0.05, 0) is 231 Å². The van der Waals surface area contributed by atoms with E-state index in [9.17, 15) is 9.59 Å². The quantitative estimate of drug-likeness (QED) is 0.0777. The summed E-state index contributed by atoms with van der Waals surface area (Å²) in [4.78, 5) is 62.5. The fourth-order valence-electron chi connectivity index (χ4n) is 18.4. The van der Waals surface area contributed by atoms with Gasteiger partial charge >= 0.3 is 0 Å². The Morgan fingerprint density at radius 2 is 0.776 bits per heavy atom. The van der Waals surface area contributed by atoms with E-state index in [4.69, 9.17) is 0 Å². The monoisotopic (exact) mass is 1390 g/mol. The predicted octanol–water partition coefficient (Wildman–Crippen LogP) is 19.8. The summed E-state index contributed by atoms with van der Waals surface area (Å²) in [6.07, 6.45) is 0.990. The van der Waals surface area contributed by atoms with Crippen LogP contribution in [-0.2, 0) is 57.1 Å². The molecule has 2 fully saturated rings. The van der Waals surface area contributed by atoms with E-state index in [0.29, 0.717) is 24.2 Å². The lowest BCUT2D eigenvalue weighted by Gasteiger charge is -2.78. The van der Waals surface area contributed by atoms with Gasteiger partial charge in [-0.2, -0.15) is 0 Å². The molecule has 6 aliphatic rings. The number of rotatable bonds is 10. The molecule has 0 radical (unpaired) electrons. The molecule has 10 heteroatoms. The van der Waals surface area contributed by atoms with Crippen molar-refractivity contribution < 1.29 is 19.2 Å². The second-order valence-electron chi connectivity index (χ2n) is 31.0. The highest BCUT2D eigenvalue weighted by Crippen LogP contribution is 2.82. The van der Waals surface area contributed by atoms with Crippen molar-refractivity contribution in [3.8, 4) is 11.1 Å². The van der Waals surface area contributed by atoms with Crippen LogP contribution in [0.3, 0.4) is 0 Å². The Bertz CT molecular complexity index is 3970. The average molecular weight is 1400 g/mol. The van der Waals surface area contributed by atoms with Crippen molar-refractivity contribution in [2.75, 3.05) is 9.80 Å². The molecular formula is C75H82Br4N2O4. The van der Waals surface area contributed by atoms with Crippen molar-refractivity contribution in [3.63, 3.8) is 0 Å². The standard InChI is InChI=1S/C75H82Br4N2O4/c1-21-70(16)61(84)80(59(82)67(70,10)11)43-34-30-41(31-35-43)75(47-28-24-22-26-45(47)46-27-23-25-29-48(46)75)42-32-36-44(37-33-42)81-60(83)68(12,13)71(17,62(81)85)40-63(2,3)69(14,15)73(19)53-54(56(77)58(79)57(78)55(53)76)74(73,20)72(18)52-39-50-49(38-51(52)66(72,8)9)64(4,5)65(50,6)7/h22-39H,21,40H2,1-20H3. The van der Waals surface area contributed by atoms with Crippen LogP contribution in [0, 0.1) is 32.5 Å². The van der Waals surface area contributed by atoms with Gasteiger partial charge in [0, 0.05) is 39.6 Å². The fraction of sp³-hybridized carbons (Fsp3) is 0.467. The Morgan fingerprint density at radius 3 is 1.20 bits per heavy atom. The van der Waals surface area contributed by atoms with Crippen LogP contribution >= 0.6 is 63.7 Å². The predicted molar refractivity (Wildman–Crippen MR) is 360 cm³/mol. The summed E-state index contributed by atoms with van der Waals surface area (Å²) in [5.74, 6) is -0.799. The molecule has 12 rings (SSSR count). The SMILES string of the molecule is CCC1(C)C(=O)N(c2ccc(C3(c4ccc(N5C(=O)C(C)(C)C(C)(CC(C)(C)C(C)(C)C6(C)c7c(Br)c(Br)c(Br)c(Br)c7C6(C)C6(C)c7cc8c(cc7C6(C)C)C(C)(C)C8(C)C)C5=O)cc4)c4ccccc4-c4ccccc43)cc2)C(=O)C1(C)C. The summed E-state index contributed by atoms with van der Waals surface area (Å²) in [7, 11) is 0. The van der Waals surface area contributed by atoms with E-state index in [0.717, 1.165) is 51.3 Å². The molecule has 2 aliphatic heterocycles. The molecule has 5 atom stereocenters. The third-order valence-corrected chi connectivity index (χ3v) is 31.7. The van der Waals surface area contributed by atoms with Gasteiger partial charge in [0.1, 0.15) is 0 Å². The Kier molecular flexibility index (Phi) is 12.8. The molecule has 85 heavy (non-hydrogen) atoms. The van der Waals surface area contributed by atoms with Crippen LogP contribution in [-0.4, -0.2) is 23.6 Å². The molecule has 0 bridgehead atoms. The molecule has 2 heterocycles. The van der Waals surface area contributed by atoms with Crippen molar-refractivity contribution in [1.29, 1.82) is 0 Å². The van der Waals surface area contributed by atoms with Gasteiger partial charge in [-0.25, -0.2) is 9.80 Å². The van der Waals surface area contributed by atoms with Gasteiger partial charge < -0.3 is 0 Å². The Balaban J connectivity index is 0.932. The largest absolute Gasteiger partial charge is 0.273 e. The van der Waals surface area contributed by atoms with Crippen LogP contribution in [0.4, 0.5) is 11.4 Å². The number of benzene rings is 6. The zero-order valence-electron chi connectivity index (χ0n) is 53.3. The molecule has 6 aromatic rings. The molecule has 0 spiro atoms. The van der Waals surface area contributed by atoms with E-state index in [1.807, 2.05) is 72.7 Å². The number of hydrogen-bond donors (Lipinski definition) is 0. The van der Waals surface area contributed by atoms with Crippen molar-refractivity contribution in [3.05, 3.63) is 183 Å². The minimum atomic E-state index is -1.11. The average Bonchev–Trinajstić information content (AvgIpc) is 1.70. The number of nitrogens with zero attached hydrogens (tertiary/aromatic N) is 2. The minimum Gasteiger partial charge on any atom is -0.273 e. The zero-order chi connectivity index (χ0) is 62.5. The lowest BCUT2D eigenvalue weighted by atomic mass is 9.24. The van der Waals surface area contributed by atoms with Crippen molar-refractivity contribution in [2.24, 2.45) is 32.5 Å². The number of hydrogen-bond acceptors (Lipinski definition) is 4. The number of fused-ring (bicyclic) bond motifs is 6. The van der Waals surface area contributed by atoms with E-state index in [2.05, 4.69) is 239 Å². The van der Waals surface area contributed by atoms with Gasteiger partial charge in [-0.15, -0.1) is 0 Å². The van der Waals surface area contributed by atoms with Gasteiger partial charge in [0.25, 0.3) is 0 Å². The summed E-state index contributed by atoms with van der Waals surface area (Å²) in [6.45, 7) is 45.2. The van der Waals surface area contributed by atoms with Gasteiger partial charge in [-0.3, -0.25) is 19.2 Å². The van der Waals surface area contributed by atoms with Crippen LogP contribution in [0.15, 0.2) is 127 Å². The maximum atomic E-state index is 16.0. The Hall–Kier alpha value is -4.48. The normalized spacial score (nSPS) is 28.5. The fourth-order valence-corrected chi connectivity index (χ4v) is 21.3. The first kappa shape index (κ1) is 60.8. The zero-order valence-corrected chi connectivity index (χ0v) is 59.7. The van der Waals surface area contributed by atoms with Crippen molar-refractivity contribution in [2.45, 2.75) is 189 Å². The molecule has 6 nitrogen and oxygen atoms in total. The van der Waals surface area contributed by atoms with Gasteiger partial charge in [0.05, 0.1) is 38.4 Å². The first-order chi connectivity index (χ1) is 39.1. The number of amides is 4. The molecular weight excluding hydrogens is 1310 g/mol. The number of anilines is 2. The molecule has 4 amide bonds. The highest BCUT2D eigenvalue weighted by Gasteiger charge is 2.80. The van der Waals surface area contributed by atoms with Crippen LogP contribution in [0.25, 0.3) is 11.1 Å². The highest BCUT2D eigenvalue weighted by atomic mass is 79.9. The topological polar surface area (TPSA) is 74.8 Å². The van der Waals surface area contributed by atoms with E-state index in [1.165, 1.54) is 43.2 Å². The number of imide groups is 2. The third-order valence-electron chi connectivity index (χ3n) is 26.9. The van der Waals surface area contributed by atoms with Crippen LogP contribution < -0.4 is 9.80 Å². The smallest absolute Gasteiger partial charge is 0.240 e. The van der Waals surface area contributed by atoms with E-state index in [-0.39, 0.29) is 45.3 Å². The number of carbonyl (C=O) groups is 4. The van der Waals surface area contributed by atoms with Crippen LogP contribution in [0.5, 0.6) is 0 Å². The van der Waals surface area contributed by atoms with Crippen molar-refractivity contribution >= 4 is 98.7 Å². The van der Waals surface area contributed by atoms with E-state index < -0.39 is 48.7 Å². The summed E-state index contributed by atoms with van der Waals surface area (Å²) in [5, 5.41) is 0. The van der Waals surface area contributed by atoms with E-state index >= 15 is 9.59 Å². The highest BCUT2D eigenvalue weighted by molar-refractivity contribution is 9.15. The second kappa shape index (κ2) is 17.9. The molecule has 2 saturated heterocycles. The van der Waals surface area contributed by atoms with Crippen LogP contribution in [0.1, 0.15) is 207 Å². The minimum absolute atomic E-state index is 0.0170. The van der Waals surface area contributed by atoms with Gasteiger partial charge in [0.15, 0.2) is 0 Å². The molecule has 6 aromatic carbocycles. The molecule has 4 aliphatic carbocycles. The molecule has 444 valence electrons. The molecule has 5 unspecified atom stereocenters. The summed E-state index contributed by atoms with van der Waals surface area (Å²) in [6, 6.07) is 38.1. The molecule has 0 saturated carbocycles. The Morgan fingerprint density at radius 1 is 0.400 bits per heavy atom. The first-order valence-corrected chi connectivity index (χ1v) is 33.6.